The quantitative estimate of drug-likeness (QED) is 0.723. The van der Waals surface area contributed by atoms with E-state index in [1.807, 2.05) is 6.08 Å². The molecule has 0 radical (unpaired) electrons. The van der Waals surface area contributed by atoms with Crippen LogP contribution < -0.4 is 0 Å². The van der Waals surface area contributed by atoms with Crippen molar-refractivity contribution in [3.8, 4) is 0 Å². The van der Waals surface area contributed by atoms with E-state index in [2.05, 4.69) is 13.8 Å². The first-order chi connectivity index (χ1) is 7.91. The lowest BCUT2D eigenvalue weighted by Gasteiger charge is -2.47. The van der Waals surface area contributed by atoms with Crippen LogP contribution in [0.1, 0.15) is 37.8 Å². The van der Waals surface area contributed by atoms with Crippen LogP contribution in [0.3, 0.4) is 0 Å². The van der Waals surface area contributed by atoms with Gasteiger partial charge >= 0.3 is 0 Å². The molecule has 0 spiro atoms. The summed E-state index contributed by atoms with van der Waals surface area (Å²) in [6.07, 6.45) is 6.57. The summed E-state index contributed by atoms with van der Waals surface area (Å²) in [7, 11) is 0. The number of aliphatic hydroxyl groups is 2. The fourth-order valence-electron chi connectivity index (χ4n) is 3.14. The highest BCUT2D eigenvalue weighted by molar-refractivity contribution is 5.62. The second-order valence-electron chi connectivity index (χ2n) is 6.18. The Morgan fingerprint density at radius 3 is 2.82 bits per heavy atom. The molecule has 0 unspecified atom stereocenters. The number of hydrogen-bond donors (Lipinski definition) is 2. The zero-order chi connectivity index (χ0) is 12.3. The molecule has 92 valence electrons. The van der Waals surface area contributed by atoms with Crippen LogP contribution in [0.15, 0.2) is 22.5 Å². The Hall–Kier alpha value is -1.06. The molecular formula is C14H18O3. The summed E-state index contributed by atoms with van der Waals surface area (Å²) < 4.78 is 5.17. The molecule has 2 aliphatic carbocycles. The van der Waals surface area contributed by atoms with Gasteiger partial charge in [0.25, 0.3) is 0 Å². The highest BCUT2D eigenvalue weighted by Crippen LogP contribution is 2.48. The Balaban J connectivity index is 2.09. The maximum atomic E-state index is 10.7. The van der Waals surface area contributed by atoms with Gasteiger partial charge in [-0.05, 0) is 29.9 Å². The number of furan rings is 1. The monoisotopic (exact) mass is 234 g/mol. The number of hydrogen-bond acceptors (Lipinski definition) is 3. The largest absolute Gasteiger partial charge is 0.472 e. The summed E-state index contributed by atoms with van der Waals surface area (Å²) in [6.45, 7) is 4.25. The van der Waals surface area contributed by atoms with E-state index in [1.54, 1.807) is 12.5 Å². The average Bonchev–Trinajstić information content (AvgIpc) is 2.62. The van der Waals surface area contributed by atoms with Crippen LogP contribution in [0, 0.1) is 5.41 Å². The van der Waals surface area contributed by atoms with E-state index in [9.17, 15) is 10.2 Å². The van der Waals surface area contributed by atoms with Gasteiger partial charge in [0.05, 0.1) is 18.6 Å². The van der Waals surface area contributed by atoms with Crippen molar-refractivity contribution in [2.24, 2.45) is 5.41 Å². The molecular weight excluding hydrogens is 216 g/mol. The molecule has 2 N–H and O–H groups in total. The smallest absolute Gasteiger partial charge is 0.116 e. The van der Waals surface area contributed by atoms with Gasteiger partial charge < -0.3 is 14.6 Å². The van der Waals surface area contributed by atoms with Crippen molar-refractivity contribution in [2.75, 3.05) is 0 Å². The Kier molecular flexibility index (Phi) is 2.11. The number of fused-ring (bicyclic) bond motifs is 2. The van der Waals surface area contributed by atoms with E-state index in [1.165, 1.54) is 0 Å². The molecule has 0 saturated heterocycles. The van der Waals surface area contributed by atoms with Crippen LogP contribution in [0.5, 0.6) is 0 Å². The van der Waals surface area contributed by atoms with Gasteiger partial charge in [-0.25, -0.2) is 0 Å². The third-order valence-corrected chi connectivity index (χ3v) is 4.09. The Bertz CT molecular complexity index is 483. The minimum absolute atomic E-state index is 0.0404. The van der Waals surface area contributed by atoms with Crippen LogP contribution in [0.25, 0.3) is 6.08 Å². The van der Waals surface area contributed by atoms with Crippen molar-refractivity contribution in [1.82, 2.24) is 0 Å². The first-order valence-corrected chi connectivity index (χ1v) is 6.07. The summed E-state index contributed by atoms with van der Waals surface area (Å²) in [4.78, 5) is 0. The Labute approximate surface area is 101 Å². The van der Waals surface area contributed by atoms with Crippen LogP contribution in [0.2, 0.25) is 0 Å². The third kappa shape index (κ3) is 1.57. The van der Waals surface area contributed by atoms with Gasteiger partial charge in [0.2, 0.25) is 0 Å². The second-order valence-corrected chi connectivity index (χ2v) is 6.18. The molecule has 3 nitrogen and oxygen atoms in total. The van der Waals surface area contributed by atoms with Gasteiger partial charge in [-0.1, -0.05) is 13.8 Å². The zero-order valence-electron chi connectivity index (χ0n) is 10.2. The lowest BCUT2D eigenvalue weighted by Crippen LogP contribution is -2.53. The van der Waals surface area contributed by atoms with Crippen molar-refractivity contribution < 1.29 is 14.6 Å². The molecule has 3 heteroatoms. The van der Waals surface area contributed by atoms with Gasteiger partial charge in [0.15, 0.2) is 0 Å². The molecule has 3 rings (SSSR count). The van der Waals surface area contributed by atoms with Crippen molar-refractivity contribution >= 4 is 6.08 Å². The van der Waals surface area contributed by atoms with Gasteiger partial charge in [0, 0.05) is 17.5 Å². The molecule has 0 bridgehead atoms. The van der Waals surface area contributed by atoms with Gasteiger partial charge in [-0.2, -0.15) is 0 Å². The van der Waals surface area contributed by atoms with Gasteiger partial charge in [-0.15, -0.1) is 0 Å². The van der Waals surface area contributed by atoms with E-state index in [0.29, 0.717) is 12.8 Å². The molecule has 2 aliphatic rings. The molecule has 2 atom stereocenters. The molecule has 1 aromatic heterocycles. The highest BCUT2D eigenvalue weighted by Gasteiger charge is 2.49. The van der Waals surface area contributed by atoms with Gasteiger partial charge in [-0.3, -0.25) is 0 Å². The van der Waals surface area contributed by atoms with E-state index in [4.69, 9.17) is 4.42 Å². The number of aliphatic hydroxyl groups excluding tert-OH is 1. The molecule has 0 aromatic carbocycles. The van der Waals surface area contributed by atoms with E-state index >= 15 is 0 Å². The molecule has 1 heterocycles. The van der Waals surface area contributed by atoms with Gasteiger partial charge in [0.1, 0.15) is 5.60 Å². The first kappa shape index (κ1) is 11.1. The van der Waals surface area contributed by atoms with Crippen LogP contribution in [-0.2, 0) is 6.42 Å². The summed E-state index contributed by atoms with van der Waals surface area (Å²) in [5, 5.41) is 20.9. The minimum Gasteiger partial charge on any atom is -0.472 e. The molecule has 1 aromatic rings. The molecule has 17 heavy (non-hydrogen) atoms. The molecule has 0 aliphatic heterocycles. The molecule has 1 saturated carbocycles. The average molecular weight is 234 g/mol. The predicted molar refractivity (Wildman–Crippen MR) is 64.4 cm³/mol. The van der Waals surface area contributed by atoms with E-state index < -0.39 is 11.7 Å². The van der Waals surface area contributed by atoms with E-state index in [0.717, 1.165) is 23.1 Å². The molecule has 1 fully saturated rings. The fraction of sp³-hybridized carbons (Fsp3) is 0.571. The second kappa shape index (κ2) is 3.24. The summed E-state index contributed by atoms with van der Waals surface area (Å²) in [6, 6.07) is 0. The zero-order valence-corrected chi connectivity index (χ0v) is 10.2. The first-order valence-electron chi connectivity index (χ1n) is 6.07. The fourth-order valence-corrected chi connectivity index (χ4v) is 3.14. The normalized spacial score (nSPS) is 34.8. The Morgan fingerprint density at radius 2 is 2.06 bits per heavy atom. The Morgan fingerprint density at radius 1 is 1.29 bits per heavy atom. The lowest BCUT2D eigenvalue weighted by atomic mass is 9.63. The minimum atomic E-state index is -1.09. The van der Waals surface area contributed by atoms with Crippen molar-refractivity contribution in [1.29, 1.82) is 0 Å². The standard InChI is InChI=1S/C14H18O3/c1-13(2)5-11-3-9-7-17-8-10(9)4-14(11,16)12(15)6-13/h3,7-8,12,15-16H,4-6H2,1-2H3/t12-,14-/m0/s1. The summed E-state index contributed by atoms with van der Waals surface area (Å²) >= 11 is 0. The SMILES string of the molecule is CC1(C)CC2=Cc3cocc3C[C@@]2(O)[C@@H](O)C1. The van der Waals surface area contributed by atoms with Crippen LogP contribution in [-0.4, -0.2) is 21.9 Å². The highest BCUT2D eigenvalue weighted by atomic mass is 16.3. The van der Waals surface area contributed by atoms with Crippen molar-refractivity contribution in [3.05, 3.63) is 29.2 Å². The van der Waals surface area contributed by atoms with Crippen LogP contribution >= 0.6 is 0 Å². The summed E-state index contributed by atoms with van der Waals surface area (Å²) in [5.74, 6) is 0. The van der Waals surface area contributed by atoms with Crippen LogP contribution in [0.4, 0.5) is 0 Å². The third-order valence-electron chi connectivity index (χ3n) is 4.09. The predicted octanol–water partition coefficient (Wildman–Crippen LogP) is 2.13. The maximum Gasteiger partial charge on any atom is 0.116 e. The topological polar surface area (TPSA) is 53.6 Å². The molecule has 0 amide bonds. The summed E-state index contributed by atoms with van der Waals surface area (Å²) in [5.41, 5.74) is 1.91. The van der Waals surface area contributed by atoms with Crippen molar-refractivity contribution in [3.63, 3.8) is 0 Å². The lowest BCUT2D eigenvalue weighted by molar-refractivity contribution is -0.0881. The number of rotatable bonds is 0. The maximum absolute atomic E-state index is 10.7. The van der Waals surface area contributed by atoms with Crippen molar-refractivity contribution in [2.45, 2.75) is 44.8 Å². The van der Waals surface area contributed by atoms with E-state index in [-0.39, 0.29) is 5.41 Å².